The molecule has 1 fully saturated rings. The van der Waals surface area contributed by atoms with E-state index in [-0.39, 0.29) is 5.91 Å². The second kappa shape index (κ2) is 5.72. The van der Waals surface area contributed by atoms with Gasteiger partial charge in [0.15, 0.2) is 0 Å². The van der Waals surface area contributed by atoms with Gasteiger partial charge < -0.3 is 10.4 Å². The van der Waals surface area contributed by atoms with Crippen molar-refractivity contribution in [3.63, 3.8) is 0 Å². The molecule has 0 aromatic heterocycles. The quantitative estimate of drug-likeness (QED) is 0.818. The Bertz CT molecular complexity index is 602. The molecule has 2 rings (SSSR count). The molecular formula is C17H21NO3. The molecule has 4 nitrogen and oxygen atoms in total. The number of benzene rings is 1. The predicted molar refractivity (Wildman–Crippen MR) is 82.1 cm³/mol. The summed E-state index contributed by atoms with van der Waals surface area (Å²) in [5, 5.41) is 11.6. The second-order valence-corrected chi connectivity index (χ2v) is 6.29. The van der Waals surface area contributed by atoms with Crippen molar-refractivity contribution >= 4 is 18.0 Å². The van der Waals surface area contributed by atoms with E-state index in [0.717, 1.165) is 23.6 Å². The van der Waals surface area contributed by atoms with Crippen LogP contribution in [0.3, 0.4) is 0 Å². The van der Waals surface area contributed by atoms with Crippen LogP contribution in [0.2, 0.25) is 0 Å². The standard InChI is InChI=1S/C17H21NO3/c1-11-12(7-8-15(19)20)5-4-6-14(11)16(21)18-10-13-9-17(13,2)3/h4-8,13H,9-10H2,1-3H3,(H,18,21)(H,19,20)/b8-7+. The van der Waals surface area contributed by atoms with Crippen molar-refractivity contribution in [1.29, 1.82) is 0 Å². The summed E-state index contributed by atoms with van der Waals surface area (Å²) in [7, 11) is 0. The van der Waals surface area contributed by atoms with Crippen molar-refractivity contribution in [3.8, 4) is 0 Å². The Morgan fingerprint density at radius 3 is 2.67 bits per heavy atom. The normalized spacial score (nSPS) is 19.5. The highest BCUT2D eigenvalue weighted by molar-refractivity contribution is 5.97. The molecule has 112 valence electrons. The lowest BCUT2D eigenvalue weighted by molar-refractivity contribution is -0.131. The molecule has 1 aromatic rings. The monoisotopic (exact) mass is 287 g/mol. The van der Waals surface area contributed by atoms with Crippen LogP contribution in [-0.2, 0) is 4.79 Å². The lowest BCUT2D eigenvalue weighted by Crippen LogP contribution is -2.27. The molecule has 0 aliphatic heterocycles. The summed E-state index contributed by atoms with van der Waals surface area (Å²) in [6.45, 7) is 6.93. The van der Waals surface area contributed by atoms with Crippen LogP contribution in [0.5, 0.6) is 0 Å². The number of hydrogen-bond donors (Lipinski definition) is 2. The third kappa shape index (κ3) is 3.72. The second-order valence-electron chi connectivity index (χ2n) is 6.29. The highest BCUT2D eigenvalue weighted by atomic mass is 16.4. The van der Waals surface area contributed by atoms with Gasteiger partial charge in [0, 0.05) is 18.2 Å². The van der Waals surface area contributed by atoms with Crippen LogP contribution in [0, 0.1) is 18.3 Å². The van der Waals surface area contributed by atoms with Crippen LogP contribution in [0.1, 0.15) is 41.8 Å². The summed E-state index contributed by atoms with van der Waals surface area (Å²) < 4.78 is 0. The van der Waals surface area contributed by atoms with Crippen molar-refractivity contribution in [1.82, 2.24) is 5.32 Å². The lowest BCUT2D eigenvalue weighted by atomic mass is 10.0. The minimum Gasteiger partial charge on any atom is -0.478 e. The average molecular weight is 287 g/mol. The predicted octanol–water partition coefficient (Wildman–Crippen LogP) is 2.87. The summed E-state index contributed by atoms with van der Waals surface area (Å²) in [6.07, 6.45) is 3.74. The van der Waals surface area contributed by atoms with E-state index in [4.69, 9.17) is 5.11 Å². The zero-order valence-electron chi connectivity index (χ0n) is 12.6. The summed E-state index contributed by atoms with van der Waals surface area (Å²) >= 11 is 0. The zero-order valence-corrected chi connectivity index (χ0v) is 12.6. The molecule has 21 heavy (non-hydrogen) atoms. The Balaban J connectivity index is 2.07. The van der Waals surface area contributed by atoms with Gasteiger partial charge in [0.2, 0.25) is 0 Å². The molecule has 0 spiro atoms. The molecule has 1 aliphatic carbocycles. The van der Waals surface area contributed by atoms with Crippen LogP contribution >= 0.6 is 0 Å². The summed E-state index contributed by atoms with van der Waals surface area (Å²) in [6, 6.07) is 5.33. The Hall–Kier alpha value is -2.10. The van der Waals surface area contributed by atoms with Gasteiger partial charge in [-0.05, 0) is 47.9 Å². The van der Waals surface area contributed by atoms with Gasteiger partial charge in [0.05, 0.1) is 0 Å². The fraction of sp³-hybridized carbons (Fsp3) is 0.412. The van der Waals surface area contributed by atoms with E-state index in [2.05, 4.69) is 19.2 Å². The topological polar surface area (TPSA) is 66.4 Å². The van der Waals surface area contributed by atoms with E-state index in [1.165, 1.54) is 6.08 Å². The van der Waals surface area contributed by atoms with Gasteiger partial charge >= 0.3 is 5.97 Å². The molecule has 0 saturated heterocycles. The number of rotatable bonds is 5. The molecule has 1 aliphatic rings. The third-order valence-electron chi connectivity index (χ3n) is 4.25. The van der Waals surface area contributed by atoms with Gasteiger partial charge in [-0.1, -0.05) is 26.0 Å². The molecule has 4 heteroatoms. The molecule has 0 radical (unpaired) electrons. The number of aliphatic carboxylic acids is 1. The number of carboxylic acid groups (broad SMARTS) is 1. The van der Waals surface area contributed by atoms with Crippen molar-refractivity contribution in [2.24, 2.45) is 11.3 Å². The first-order valence-electron chi connectivity index (χ1n) is 7.10. The number of nitrogens with one attached hydrogen (secondary N) is 1. The van der Waals surface area contributed by atoms with Crippen LogP contribution in [0.25, 0.3) is 6.08 Å². The molecule has 1 aromatic carbocycles. The number of carbonyl (C=O) groups excluding carboxylic acids is 1. The molecule has 2 N–H and O–H groups in total. The highest BCUT2D eigenvalue weighted by Crippen LogP contribution is 2.50. The highest BCUT2D eigenvalue weighted by Gasteiger charge is 2.45. The van der Waals surface area contributed by atoms with E-state index in [1.807, 2.05) is 6.92 Å². The van der Waals surface area contributed by atoms with Crippen molar-refractivity contribution in [3.05, 3.63) is 41.0 Å². The Labute approximate surface area is 124 Å². The minimum atomic E-state index is -1.000. The maximum atomic E-state index is 12.2. The Kier molecular flexibility index (Phi) is 4.16. The van der Waals surface area contributed by atoms with Crippen LogP contribution in [0.15, 0.2) is 24.3 Å². The smallest absolute Gasteiger partial charge is 0.328 e. The van der Waals surface area contributed by atoms with Crippen LogP contribution < -0.4 is 5.32 Å². The molecule has 0 heterocycles. The maximum absolute atomic E-state index is 12.2. The number of carbonyl (C=O) groups is 2. The number of hydrogen-bond acceptors (Lipinski definition) is 2. The number of carboxylic acids is 1. The van der Waals surface area contributed by atoms with E-state index in [0.29, 0.717) is 23.4 Å². The van der Waals surface area contributed by atoms with Crippen molar-refractivity contribution in [2.45, 2.75) is 27.2 Å². The molecular weight excluding hydrogens is 266 g/mol. The lowest BCUT2D eigenvalue weighted by Gasteiger charge is -2.10. The van der Waals surface area contributed by atoms with E-state index in [1.54, 1.807) is 18.2 Å². The van der Waals surface area contributed by atoms with Crippen molar-refractivity contribution in [2.75, 3.05) is 6.54 Å². The van der Waals surface area contributed by atoms with E-state index >= 15 is 0 Å². The molecule has 1 saturated carbocycles. The molecule has 1 amide bonds. The fourth-order valence-corrected chi connectivity index (χ4v) is 2.48. The first-order chi connectivity index (χ1) is 9.81. The SMILES string of the molecule is Cc1c(/C=C/C(=O)O)cccc1C(=O)NCC1CC1(C)C. The number of amides is 1. The largest absolute Gasteiger partial charge is 0.478 e. The molecule has 1 atom stereocenters. The maximum Gasteiger partial charge on any atom is 0.328 e. The summed E-state index contributed by atoms with van der Waals surface area (Å²) in [5.41, 5.74) is 2.48. The van der Waals surface area contributed by atoms with Crippen LogP contribution in [0.4, 0.5) is 0 Å². The fourth-order valence-electron chi connectivity index (χ4n) is 2.48. The van der Waals surface area contributed by atoms with Gasteiger partial charge in [0.25, 0.3) is 5.91 Å². The van der Waals surface area contributed by atoms with Gasteiger partial charge in [-0.2, -0.15) is 0 Å². The minimum absolute atomic E-state index is 0.0965. The van der Waals surface area contributed by atoms with Gasteiger partial charge in [-0.25, -0.2) is 4.79 Å². The van der Waals surface area contributed by atoms with Crippen LogP contribution in [-0.4, -0.2) is 23.5 Å². The van der Waals surface area contributed by atoms with Gasteiger partial charge in [-0.3, -0.25) is 4.79 Å². The van der Waals surface area contributed by atoms with Gasteiger partial charge in [-0.15, -0.1) is 0 Å². The summed E-state index contributed by atoms with van der Waals surface area (Å²) in [4.78, 5) is 22.8. The Morgan fingerprint density at radius 2 is 2.10 bits per heavy atom. The molecule has 0 bridgehead atoms. The zero-order chi connectivity index (χ0) is 15.6. The summed E-state index contributed by atoms with van der Waals surface area (Å²) in [5.74, 6) is -0.544. The Morgan fingerprint density at radius 1 is 1.43 bits per heavy atom. The average Bonchev–Trinajstić information content (AvgIpc) is 3.02. The molecule has 1 unspecified atom stereocenters. The van der Waals surface area contributed by atoms with Crippen molar-refractivity contribution < 1.29 is 14.7 Å². The van der Waals surface area contributed by atoms with E-state index < -0.39 is 5.97 Å². The van der Waals surface area contributed by atoms with Gasteiger partial charge in [0.1, 0.15) is 0 Å². The third-order valence-corrected chi connectivity index (χ3v) is 4.25. The first kappa shape index (κ1) is 15.3. The first-order valence-corrected chi connectivity index (χ1v) is 7.10. The van der Waals surface area contributed by atoms with E-state index in [9.17, 15) is 9.59 Å².